The van der Waals surface area contributed by atoms with E-state index in [1.807, 2.05) is 45.0 Å². The van der Waals surface area contributed by atoms with Crippen LogP contribution in [-0.2, 0) is 19.1 Å². The molecule has 3 atom stereocenters. The molecule has 9 nitrogen and oxygen atoms in total. The molecule has 9 heteroatoms. The molecular weight excluding hydrogens is 452 g/mol. The van der Waals surface area contributed by atoms with E-state index in [4.69, 9.17) is 18.9 Å². The number of ether oxygens (including phenoxy) is 4. The van der Waals surface area contributed by atoms with Gasteiger partial charge in [-0.2, -0.15) is 0 Å². The van der Waals surface area contributed by atoms with Crippen LogP contribution in [0.25, 0.3) is 0 Å². The van der Waals surface area contributed by atoms with E-state index in [1.54, 1.807) is 13.8 Å². The summed E-state index contributed by atoms with van der Waals surface area (Å²) >= 11 is 0. The Bertz CT molecular complexity index is 1040. The first kappa shape index (κ1) is 27.6. The molecule has 190 valence electrons. The van der Waals surface area contributed by atoms with Crippen molar-refractivity contribution in [3.8, 4) is 11.5 Å². The van der Waals surface area contributed by atoms with Gasteiger partial charge in [0.05, 0.1) is 13.0 Å². The average Bonchev–Trinajstić information content (AvgIpc) is 2.83. The number of amides is 1. The molecule has 35 heavy (non-hydrogen) atoms. The fourth-order valence-electron chi connectivity index (χ4n) is 3.27. The zero-order valence-electron chi connectivity index (χ0n) is 21.3. The molecule has 0 radical (unpaired) electrons. The highest BCUT2D eigenvalue weighted by Gasteiger charge is 2.27. The number of carbonyl (C=O) groups is 3. The topological polar surface area (TPSA) is 113 Å². The van der Waals surface area contributed by atoms with Crippen LogP contribution in [0.3, 0.4) is 0 Å². The molecule has 2 aromatic rings. The van der Waals surface area contributed by atoms with E-state index in [2.05, 4.69) is 10.3 Å². The number of nitrogens with one attached hydrogen (secondary N) is 1. The van der Waals surface area contributed by atoms with E-state index in [0.29, 0.717) is 0 Å². The largest absolute Gasteiger partial charge is 0.493 e. The maximum Gasteiger partial charge on any atom is 0.328 e. The smallest absolute Gasteiger partial charge is 0.328 e. The highest BCUT2D eigenvalue weighted by Crippen LogP contribution is 2.30. The molecule has 0 unspecified atom stereocenters. The molecule has 0 bridgehead atoms. The Balaban J connectivity index is 2.06. The van der Waals surface area contributed by atoms with Crippen LogP contribution in [0, 0.1) is 12.8 Å². The summed E-state index contributed by atoms with van der Waals surface area (Å²) in [6, 6.07) is 8.47. The van der Waals surface area contributed by atoms with Gasteiger partial charge >= 0.3 is 11.9 Å². The van der Waals surface area contributed by atoms with Gasteiger partial charge in [0.25, 0.3) is 5.91 Å². The lowest BCUT2D eigenvalue weighted by Gasteiger charge is -2.24. The number of hydrogen-bond acceptors (Lipinski definition) is 8. The second-order valence-corrected chi connectivity index (χ2v) is 8.55. The molecule has 0 fully saturated rings. The number of carbonyl (C=O) groups excluding carboxylic acids is 3. The monoisotopic (exact) mass is 486 g/mol. The third-order valence-electron chi connectivity index (χ3n) is 5.57. The molecule has 1 aromatic carbocycles. The first-order valence-corrected chi connectivity index (χ1v) is 11.5. The number of benzene rings is 1. The van der Waals surface area contributed by atoms with Gasteiger partial charge in [0.1, 0.15) is 12.1 Å². The van der Waals surface area contributed by atoms with E-state index >= 15 is 0 Å². The van der Waals surface area contributed by atoms with Crippen LogP contribution in [0.2, 0.25) is 0 Å². The minimum absolute atomic E-state index is 0.00818. The summed E-state index contributed by atoms with van der Waals surface area (Å²) in [7, 11) is 1.40. The summed E-state index contributed by atoms with van der Waals surface area (Å²) in [5, 5.41) is 2.58. The molecule has 1 heterocycles. The average molecular weight is 487 g/mol. The van der Waals surface area contributed by atoms with Gasteiger partial charge in [-0.25, -0.2) is 9.78 Å². The van der Waals surface area contributed by atoms with Crippen molar-refractivity contribution in [2.75, 3.05) is 13.9 Å². The molecule has 0 saturated heterocycles. The number of pyridine rings is 1. The second-order valence-electron chi connectivity index (χ2n) is 8.55. The lowest BCUT2D eigenvalue weighted by molar-refractivity contribution is -0.154. The summed E-state index contributed by atoms with van der Waals surface area (Å²) in [6.45, 7) is 10.3. The molecule has 0 aliphatic heterocycles. The Hall–Kier alpha value is -3.62. The predicted molar refractivity (Wildman–Crippen MR) is 129 cm³/mol. The fourth-order valence-corrected chi connectivity index (χ4v) is 3.27. The summed E-state index contributed by atoms with van der Waals surface area (Å²) in [4.78, 5) is 41.4. The third kappa shape index (κ3) is 7.43. The summed E-state index contributed by atoms with van der Waals surface area (Å²) in [6.07, 6.45) is 0.961. The van der Waals surface area contributed by atoms with Crippen molar-refractivity contribution in [3.05, 3.63) is 53.3 Å². The van der Waals surface area contributed by atoms with Gasteiger partial charge in [0.15, 0.2) is 17.2 Å². The van der Waals surface area contributed by atoms with Crippen molar-refractivity contribution >= 4 is 17.8 Å². The summed E-state index contributed by atoms with van der Waals surface area (Å²) in [5.74, 6) is -1.85. The van der Waals surface area contributed by atoms with Crippen LogP contribution < -0.4 is 14.8 Å². The zero-order chi connectivity index (χ0) is 26.1. The number of hydrogen-bond donors (Lipinski definition) is 1. The number of nitrogens with zero attached hydrogens (tertiary/aromatic N) is 1. The third-order valence-corrected chi connectivity index (χ3v) is 5.57. The van der Waals surface area contributed by atoms with Crippen LogP contribution >= 0.6 is 0 Å². The Labute approximate surface area is 206 Å². The minimum Gasteiger partial charge on any atom is -0.493 e. The SMILES string of the molecule is COc1ccnc(C(=O)N[C@@H](C)C(=O)O[C@@H](C)[C@@H](C)c2ccccc2C)c1OCOC(=O)C(C)C. The lowest BCUT2D eigenvalue weighted by Crippen LogP contribution is -2.41. The van der Waals surface area contributed by atoms with Gasteiger partial charge in [0, 0.05) is 18.2 Å². The number of methoxy groups -OCH3 is 1. The Morgan fingerprint density at radius 2 is 1.69 bits per heavy atom. The van der Waals surface area contributed by atoms with Crippen molar-refractivity contribution in [2.45, 2.75) is 59.6 Å². The van der Waals surface area contributed by atoms with Crippen molar-refractivity contribution in [3.63, 3.8) is 0 Å². The number of esters is 2. The zero-order valence-corrected chi connectivity index (χ0v) is 21.3. The number of rotatable bonds is 11. The molecule has 2 rings (SSSR count). The molecule has 1 amide bonds. The Morgan fingerprint density at radius 1 is 1.00 bits per heavy atom. The molecule has 0 spiro atoms. The second kappa shape index (κ2) is 12.7. The molecule has 0 aliphatic rings. The maximum absolute atomic E-state index is 12.9. The molecule has 0 saturated carbocycles. The molecule has 0 aliphatic carbocycles. The van der Waals surface area contributed by atoms with Crippen LogP contribution in [-0.4, -0.2) is 48.9 Å². The van der Waals surface area contributed by atoms with E-state index in [1.165, 1.54) is 26.3 Å². The van der Waals surface area contributed by atoms with E-state index in [9.17, 15) is 14.4 Å². The quantitative estimate of drug-likeness (QED) is 0.377. The van der Waals surface area contributed by atoms with Crippen LogP contribution in [0.5, 0.6) is 11.5 Å². The normalized spacial score (nSPS) is 13.4. The van der Waals surface area contributed by atoms with Gasteiger partial charge in [-0.1, -0.05) is 45.0 Å². The maximum atomic E-state index is 12.9. The van der Waals surface area contributed by atoms with Crippen molar-refractivity contribution < 1.29 is 33.3 Å². The first-order chi connectivity index (χ1) is 16.6. The van der Waals surface area contributed by atoms with Gasteiger partial charge in [-0.15, -0.1) is 0 Å². The first-order valence-electron chi connectivity index (χ1n) is 11.5. The van der Waals surface area contributed by atoms with E-state index in [-0.39, 0.29) is 29.0 Å². The summed E-state index contributed by atoms with van der Waals surface area (Å²) in [5.41, 5.74) is 2.08. The highest BCUT2D eigenvalue weighted by atomic mass is 16.7. The van der Waals surface area contributed by atoms with Crippen molar-refractivity contribution in [1.29, 1.82) is 0 Å². The van der Waals surface area contributed by atoms with E-state index in [0.717, 1.165) is 11.1 Å². The predicted octanol–water partition coefficient (Wildman–Crippen LogP) is 3.79. The minimum atomic E-state index is -0.950. The fraction of sp³-hybridized carbons (Fsp3) is 0.462. The van der Waals surface area contributed by atoms with E-state index < -0.39 is 36.8 Å². The number of aryl methyl sites for hydroxylation is 1. The lowest BCUT2D eigenvalue weighted by atomic mass is 9.92. The van der Waals surface area contributed by atoms with Gasteiger partial charge < -0.3 is 24.3 Å². The van der Waals surface area contributed by atoms with Crippen molar-refractivity contribution in [2.24, 2.45) is 5.92 Å². The van der Waals surface area contributed by atoms with Crippen LogP contribution in [0.1, 0.15) is 62.2 Å². The van der Waals surface area contributed by atoms with Gasteiger partial charge in [0.2, 0.25) is 6.79 Å². The van der Waals surface area contributed by atoms with Gasteiger partial charge in [-0.05, 0) is 31.9 Å². The van der Waals surface area contributed by atoms with Gasteiger partial charge in [-0.3, -0.25) is 9.59 Å². The molecule has 1 N–H and O–H groups in total. The van der Waals surface area contributed by atoms with Crippen LogP contribution in [0.4, 0.5) is 0 Å². The highest BCUT2D eigenvalue weighted by molar-refractivity contribution is 5.98. The molecular formula is C26H34N2O7. The Morgan fingerprint density at radius 3 is 2.31 bits per heavy atom. The summed E-state index contributed by atoms with van der Waals surface area (Å²) < 4.78 is 21.4. The Kier molecular flexibility index (Phi) is 10.1. The van der Waals surface area contributed by atoms with Crippen molar-refractivity contribution in [1.82, 2.24) is 10.3 Å². The van der Waals surface area contributed by atoms with Crippen LogP contribution in [0.15, 0.2) is 36.5 Å². The molecule has 1 aromatic heterocycles. The standard InChI is InChI=1S/C26H34N2O7/c1-15(2)25(30)34-14-33-23-21(32-7)12-13-27-22(23)24(29)28-18(5)26(31)35-19(6)17(4)20-11-9-8-10-16(20)3/h8-13,15,17-19H,14H2,1-7H3,(H,28,29)/t17-,18+,19+/m1/s1. The number of aromatic nitrogens is 1.